The van der Waals surface area contributed by atoms with Crippen molar-refractivity contribution < 1.29 is 26.3 Å². The molecule has 1 aromatic heterocycles. The highest BCUT2D eigenvalue weighted by Crippen LogP contribution is 2.19. The number of rotatable bonds is 8. The van der Waals surface area contributed by atoms with Crippen LogP contribution in [0.25, 0.3) is 0 Å². The lowest BCUT2D eigenvalue weighted by Gasteiger charge is -2.31. The third-order valence-corrected chi connectivity index (χ3v) is 5.62. The Bertz CT molecular complexity index is 658. The van der Waals surface area contributed by atoms with Crippen molar-refractivity contribution in [2.75, 3.05) is 32.8 Å². The number of nitrogens with zero attached hydrogens (tertiary/aromatic N) is 2. The molecule has 0 atom stereocenters. The number of halogens is 3. The zero-order chi connectivity index (χ0) is 19.2. The molecule has 0 saturated carbocycles. The van der Waals surface area contributed by atoms with Gasteiger partial charge in [-0.05, 0) is 50.9 Å². The predicted octanol–water partition coefficient (Wildman–Crippen LogP) is 2.42. The maximum absolute atomic E-state index is 12.3. The molecule has 0 aliphatic carbocycles. The molecule has 1 fully saturated rings. The monoisotopic (exact) mass is 395 g/mol. The number of likely N-dealkylation sites (tertiary alicyclic amines) is 1. The lowest BCUT2D eigenvalue weighted by Crippen LogP contribution is -2.38. The fourth-order valence-corrected chi connectivity index (χ4v) is 3.87. The average Bonchev–Trinajstić information content (AvgIpc) is 2.59. The zero-order valence-electron chi connectivity index (χ0n) is 14.6. The number of pyridine rings is 1. The Hall–Kier alpha value is -1.39. The SMILES string of the molecule is CCCN1CCC(CNS(=O)(=O)c2ccc(OCC(F)(F)F)nc2)CC1. The highest BCUT2D eigenvalue weighted by atomic mass is 32.2. The van der Waals surface area contributed by atoms with E-state index in [9.17, 15) is 21.6 Å². The van der Waals surface area contributed by atoms with Crippen LogP contribution < -0.4 is 9.46 Å². The van der Waals surface area contributed by atoms with Gasteiger partial charge in [0.1, 0.15) is 4.90 Å². The maximum atomic E-state index is 12.3. The first-order valence-electron chi connectivity index (χ1n) is 8.57. The minimum Gasteiger partial charge on any atom is -0.468 e. The van der Waals surface area contributed by atoms with Gasteiger partial charge < -0.3 is 9.64 Å². The van der Waals surface area contributed by atoms with E-state index < -0.39 is 22.8 Å². The van der Waals surface area contributed by atoms with Gasteiger partial charge in [-0.1, -0.05) is 6.92 Å². The van der Waals surface area contributed by atoms with E-state index >= 15 is 0 Å². The summed E-state index contributed by atoms with van der Waals surface area (Å²) >= 11 is 0. The van der Waals surface area contributed by atoms with Crippen LogP contribution in [0, 0.1) is 5.92 Å². The van der Waals surface area contributed by atoms with Gasteiger partial charge in [-0.3, -0.25) is 0 Å². The fourth-order valence-electron chi connectivity index (χ4n) is 2.81. The van der Waals surface area contributed by atoms with Crippen molar-refractivity contribution in [3.63, 3.8) is 0 Å². The van der Waals surface area contributed by atoms with Crippen LogP contribution in [-0.2, 0) is 10.0 Å². The van der Waals surface area contributed by atoms with Crippen molar-refractivity contribution in [3.8, 4) is 5.88 Å². The molecule has 0 bridgehead atoms. The van der Waals surface area contributed by atoms with E-state index in [0.29, 0.717) is 6.54 Å². The summed E-state index contributed by atoms with van der Waals surface area (Å²) in [6.07, 6.45) is -0.498. The van der Waals surface area contributed by atoms with Gasteiger partial charge in [0.05, 0.1) is 6.20 Å². The zero-order valence-corrected chi connectivity index (χ0v) is 15.4. The third kappa shape index (κ3) is 6.73. The Balaban J connectivity index is 1.84. The number of alkyl halides is 3. The van der Waals surface area contributed by atoms with Crippen LogP contribution in [0.4, 0.5) is 13.2 Å². The van der Waals surface area contributed by atoms with Crippen LogP contribution in [0.5, 0.6) is 5.88 Å². The van der Waals surface area contributed by atoms with Crippen LogP contribution >= 0.6 is 0 Å². The lowest BCUT2D eigenvalue weighted by molar-refractivity contribution is -0.154. The van der Waals surface area contributed by atoms with Crippen molar-refractivity contribution in [2.24, 2.45) is 5.92 Å². The minimum absolute atomic E-state index is 0.0970. The Morgan fingerprint density at radius 1 is 1.31 bits per heavy atom. The largest absolute Gasteiger partial charge is 0.468 e. The van der Waals surface area contributed by atoms with E-state index in [0.717, 1.165) is 51.2 Å². The van der Waals surface area contributed by atoms with Gasteiger partial charge in [0.15, 0.2) is 6.61 Å². The molecule has 10 heteroatoms. The molecule has 0 spiro atoms. The molecule has 0 unspecified atom stereocenters. The average molecular weight is 395 g/mol. The van der Waals surface area contributed by atoms with Crippen LogP contribution in [-0.4, -0.2) is 57.3 Å². The van der Waals surface area contributed by atoms with E-state index in [1.165, 1.54) is 6.07 Å². The molecule has 0 aromatic carbocycles. The molecule has 2 rings (SSSR count). The number of aromatic nitrogens is 1. The Labute approximate surface area is 151 Å². The number of hydrogen-bond acceptors (Lipinski definition) is 5. The van der Waals surface area contributed by atoms with Gasteiger partial charge in [-0.15, -0.1) is 0 Å². The lowest BCUT2D eigenvalue weighted by atomic mass is 9.97. The molecular formula is C16H24F3N3O3S. The Morgan fingerprint density at radius 3 is 2.54 bits per heavy atom. The van der Waals surface area contributed by atoms with E-state index in [1.54, 1.807) is 0 Å². The van der Waals surface area contributed by atoms with Crippen molar-refractivity contribution in [1.29, 1.82) is 0 Å². The van der Waals surface area contributed by atoms with Gasteiger partial charge in [0.25, 0.3) is 0 Å². The standard InChI is InChI=1S/C16H24F3N3O3S/c1-2-7-22-8-5-13(6-9-22)10-21-26(23,24)14-3-4-15(20-11-14)25-12-16(17,18)19/h3-4,11,13,21H,2,5-10,12H2,1H3. The van der Waals surface area contributed by atoms with Gasteiger partial charge >= 0.3 is 6.18 Å². The molecule has 2 heterocycles. The highest BCUT2D eigenvalue weighted by Gasteiger charge is 2.28. The summed E-state index contributed by atoms with van der Waals surface area (Å²) in [6, 6.07) is 2.30. The first-order valence-corrected chi connectivity index (χ1v) is 10.1. The molecule has 1 aliphatic heterocycles. The summed E-state index contributed by atoms with van der Waals surface area (Å²) < 4.78 is 67.9. The molecule has 1 N–H and O–H groups in total. The van der Waals surface area contributed by atoms with Crippen molar-refractivity contribution in [3.05, 3.63) is 18.3 Å². The second-order valence-corrected chi connectivity index (χ2v) is 8.14. The number of nitrogens with one attached hydrogen (secondary N) is 1. The summed E-state index contributed by atoms with van der Waals surface area (Å²) in [6.45, 7) is 4.00. The molecule has 6 nitrogen and oxygen atoms in total. The van der Waals surface area contributed by atoms with Crippen LogP contribution in [0.15, 0.2) is 23.2 Å². The summed E-state index contributed by atoms with van der Waals surface area (Å²) in [7, 11) is -3.75. The van der Waals surface area contributed by atoms with E-state index in [1.807, 2.05) is 0 Å². The first kappa shape index (κ1) is 20.9. The molecule has 148 valence electrons. The van der Waals surface area contributed by atoms with Crippen LogP contribution in [0.1, 0.15) is 26.2 Å². The summed E-state index contributed by atoms with van der Waals surface area (Å²) in [5.74, 6) is 0.00445. The first-order chi connectivity index (χ1) is 12.2. The summed E-state index contributed by atoms with van der Waals surface area (Å²) in [4.78, 5) is 5.90. The van der Waals surface area contributed by atoms with Crippen molar-refractivity contribution >= 4 is 10.0 Å². The topological polar surface area (TPSA) is 71.5 Å². The van der Waals surface area contributed by atoms with Gasteiger partial charge in [0.2, 0.25) is 15.9 Å². The van der Waals surface area contributed by atoms with Gasteiger partial charge in [0, 0.05) is 12.6 Å². The number of ether oxygens (including phenoxy) is 1. The predicted molar refractivity (Wildman–Crippen MR) is 90.4 cm³/mol. The molecule has 1 aromatic rings. The second-order valence-electron chi connectivity index (χ2n) is 6.37. The quantitative estimate of drug-likeness (QED) is 0.732. The van der Waals surface area contributed by atoms with E-state index in [2.05, 4.69) is 26.3 Å². The molecule has 1 aliphatic rings. The fraction of sp³-hybridized carbons (Fsp3) is 0.688. The van der Waals surface area contributed by atoms with Crippen molar-refractivity contribution in [2.45, 2.75) is 37.3 Å². The molecule has 0 amide bonds. The molecule has 1 saturated heterocycles. The van der Waals surface area contributed by atoms with Gasteiger partial charge in [-0.25, -0.2) is 18.1 Å². The molecular weight excluding hydrogens is 371 g/mol. The summed E-state index contributed by atoms with van der Waals surface area (Å²) in [5, 5.41) is 0. The van der Waals surface area contributed by atoms with Crippen molar-refractivity contribution in [1.82, 2.24) is 14.6 Å². The van der Waals surface area contributed by atoms with E-state index in [-0.39, 0.29) is 16.7 Å². The number of hydrogen-bond donors (Lipinski definition) is 1. The second kappa shape index (κ2) is 9.01. The maximum Gasteiger partial charge on any atom is 0.422 e. The smallest absolute Gasteiger partial charge is 0.422 e. The third-order valence-electron chi connectivity index (χ3n) is 4.21. The molecule has 0 radical (unpaired) electrons. The number of sulfonamides is 1. The minimum atomic E-state index is -4.47. The van der Waals surface area contributed by atoms with Crippen LogP contribution in [0.2, 0.25) is 0 Å². The Morgan fingerprint density at radius 2 is 2.00 bits per heavy atom. The highest BCUT2D eigenvalue weighted by molar-refractivity contribution is 7.89. The van der Waals surface area contributed by atoms with Crippen LogP contribution in [0.3, 0.4) is 0 Å². The molecule has 26 heavy (non-hydrogen) atoms. The number of piperidine rings is 1. The van der Waals surface area contributed by atoms with Gasteiger partial charge in [-0.2, -0.15) is 13.2 Å². The Kier molecular flexibility index (Phi) is 7.24. The van der Waals surface area contributed by atoms with E-state index in [4.69, 9.17) is 0 Å². The summed E-state index contributed by atoms with van der Waals surface area (Å²) in [5.41, 5.74) is 0. The normalized spacial score (nSPS) is 17.4.